The van der Waals surface area contributed by atoms with Gasteiger partial charge in [0.2, 0.25) is 0 Å². The second-order valence-electron chi connectivity index (χ2n) is 7.45. The van der Waals surface area contributed by atoms with Crippen LogP contribution < -0.4 is 21.1 Å². The summed E-state index contributed by atoms with van der Waals surface area (Å²) in [5, 5.41) is 5.93. The Balaban J connectivity index is 1.44. The van der Waals surface area contributed by atoms with E-state index >= 15 is 0 Å². The lowest BCUT2D eigenvalue weighted by molar-refractivity contribution is 0.102. The highest BCUT2D eigenvalue weighted by Gasteiger charge is 2.17. The largest absolute Gasteiger partial charge is 0.387 e. The zero-order valence-electron chi connectivity index (χ0n) is 17.1. The van der Waals surface area contributed by atoms with Crippen molar-refractivity contribution in [2.75, 3.05) is 49.5 Å². The number of aromatic amines is 1. The van der Waals surface area contributed by atoms with E-state index in [1.54, 1.807) is 12.3 Å². The van der Waals surface area contributed by atoms with Crippen molar-refractivity contribution in [1.82, 2.24) is 15.2 Å². The van der Waals surface area contributed by atoms with E-state index in [9.17, 15) is 9.59 Å². The van der Waals surface area contributed by atoms with E-state index in [-0.39, 0.29) is 5.56 Å². The summed E-state index contributed by atoms with van der Waals surface area (Å²) in [6.45, 7) is 8.12. The number of likely N-dealkylation sites (N-methyl/N-ethyl adjacent to an activating group) is 1. The van der Waals surface area contributed by atoms with Crippen molar-refractivity contribution in [3.8, 4) is 0 Å². The van der Waals surface area contributed by atoms with Crippen LogP contribution in [0.1, 0.15) is 22.8 Å². The normalized spacial score (nSPS) is 16.7. The number of rotatable bonds is 5. The van der Waals surface area contributed by atoms with Gasteiger partial charge in [0.1, 0.15) is 5.56 Å². The first-order valence-electron chi connectivity index (χ1n) is 10.4. The van der Waals surface area contributed by atoms with Crippen LogP contribution in [0, 0.1) is 0 Å². The maximum Gasteiger partial charge on any atom is 0.261 e. The van der Waals surface area contributed by atoms with Crippen LogP contribution in [0.3, 0.4) is 0 Å². The van der Waals surface area contributed by atoms with E-state index in [0.29, 0.717) is 12.2 Å². The number of carbonyl (C=O) groups is 1. The monoisotopic (exact) mass is 405 g/mol. The molecule has 2 aliphatic rings. The third-order valence-corrected chi connectivity index (χ3v) is 5.61. The Morgan fingerprint density at radius 1 is 1.13 bits per heavy atom. The number of allylic oxidation sites excluding steroid dienone is 2. The van der Waals surface area contributed by atoms with Crippen molar-refractivity contribution in [3.63, 3.8) is 0 Å². The number of piperazine rings is 1. The molecular formula is C23H27N5O2. The number of pyridine rings is 1. The molecule has 0 saturated carbocycles. The Morgan fingerprint density at radius 3 is 2.57 bits per heavy atom. The minimum absolute atomic E-state index is 0.0973. The average molecular weight is 406 g/mol. The maximum absolute atomic E-state index is 12.7. The highest BCUT2D eigenvalue weighted by molar-refractivity contribution is 6.04. The van der Waals surface area contributed by atoms with Gasteiger partial charge >= 0.3 is 0 Å². The molecular weight excluding hydrogens is 378 g/mol. The Hall–Kier alpha value is -3.32. The van der Waals surface area contributed by atoms with E-state index in [1.807, 2.05) is 42.6 Å². The first kappa shape index (κ1) is 20.0. The van der Waals surface area contributed by atoms with Gasteiger partial charge in [-0.2, -0.15) is 0 Å². The summed E-state index contributed by atoms with van der Waals surface area (Å²) in [6.07, 6.45) is 7.41. The lowest BCUT2D eigenvalue weighted by Crippen LogP contribution is -2.46. The molecule has 7 nitrogen and oxygen atoms in total. The lowest BCUT2D eigenvalue weighted by Gasteiger charge is -2.35. The van der Waals surface area contributed by atoms with Crippen LogP contribution in [-0.2, 0) is 0 Å². The zero-order chi connectivity index (χ0) is 20.9. The summed E-state index contributed by atoms with van der Waals surface area (Å²) in [5.74, 6) is -0.416. The summed E-state index contributed by atoms with van der Waals surface area (Å²) in [7, 11) is 0. The topological polar surface area (TPSA) is 80.5 Å². The Morgan fingerprint density at radius 2 is 1.90 bits per heavy atom. The van der Waals surface area contributed by atoms with Crippen molar-refractivity contribution in [2.24, 2.45) is 0 Å². The molecule has 1 aromatic carbocycles. The van der Waals surface area contributed by atoms with Gasteiger partial charge in [0.05, 0.1) is 0 Å². The van der Waals surface area contributed by atoms with Crippen molar-refractivity contribution in [2.45, 2.75) is 6.92 Å². The van der Waals surface area contributed by atoms with Crippen molar-refractivity contribution in [1.29, 1.82) is 0 Å². The number of hydrogen-bond acceptors (Lipinski definition) is 5. The number of H-pyrrole nitrogens is 1. The molecule has 0 bridgehead atoms. The molecule has 7 heteroatoms. The Kier molecular flexibility index (Phi) is 5.99. The highest BCUT2D eigenvalue weighted by Crippen LogP contribution is 2.21. The third-order valence-electron chi connectivity index (χ3n) is 5.61. The number of nitrogens with one attached hydrogen (secondary N) is 3. The van der Waals surface area contributed by atoms with Crippen LogP contribution in [0.5, 0.6) is 0 Å². The van der Waals surface area contributed by atoms with Crippen molar-refractivity contribution < 1.29 is 4.79 Å². The number of amides is 1. The molecule has 2 aliphatic heterocycles. The lowest BCUT2D eigenvalue weighted by atomic mass is 10.0. The summed E-state index contributed by atoms with van der Waals surface area (Å²) in [4.78, 5) is 32.4. The first-order valence-corrected chi connectivity index (χ1v) is 10.4. The average Bonchev–Trinajstić information content (AvgIpc) is 2.80. The van der Waals surface area contributed by atoms with Gasteiger partial charge in [-0.05, 0) is 60.3 Å². The van der Waals surface area contributed by atoms with E-state index < -0.39 is 11.5 Å². The van der Waals surface area contributed by atoms with Crippen LogP contribution in [0.4, 0.5) is 11.4 Å². The van der Waals surface area contributed by atoms with E-state index in [1.165, 1.54) is 0 Å². The number of carbonyl (C=O) groups excluding carboxylic acids is 1. The first-order chi connectivity index (χ1) is 14.6. The summed E-state index contributed by atoms with van der Waals surface area (Å²) in [5.41, 5.74) is 3.28. The zero-order valence-corrected chi connectivity index (χ0v) is 17.1. The Bertz CT molecular complexity index is 1010. The molecule has 30 heavy (non-hydrogen) atoms. The van der Waals surface area contributed by atoms with Crippen molar-refractivity contribution in [3.05, 3.63) is 76.4 Å². The SMILES string of the molecule is CCN1CCN(c2ccc(NC(=O)c3cc(C4=CCNC=C4)c[nH]c3=O)cc2)CC1. The summed E-state index contributed by atoms with van der Waals surface area (Å²) < 4.78 is 0. The molecule has 1 fully saturated rings. The molecule has 0 unspecified atom stereocenters. The number of aromatic nitrogens is 1. The quantitative estimate of drug-likeness (QED) is 0.711. The molecule has 1 aromatic heterocycles. The minimum atomic E-state index is -0.416. The highest BCUT2D eigenvalue weighted by atomic mass is 16.2. The van der Waals surface area contributed by atoms with Gasteiger partial charge < -0.3 is 25.4 Å². The van der Waals surface area contributed by atoms with Gasteiger partial charge in [0, 0.05) is 50.3 Å². The molecule has 156 valence electrons. The molecule has 0 radical (unpaired) electrons. The predicted octanol–water partition coefficient (Wildman–Crippen LogP) is 2.27. The van der Waals surface area contributed by atoms with Crippen molar-refractivity contribution >= 4 is 22.9 Å². The molecule has 0 spiro atoms. The van der Waals surface area contributed by atoms with E-state index in [2.05, 4.69) is 32.3 Å². The van der Waals surface area contributed by atoms with Crippen LogP contribution in [0.25, 0.3) is 5.57 Å². The van der Waals surface area contributed by atoms with Crippen LogP contribution in [0.2, 0.25) is 0 Å². The van der Waals surface area contributed by atoms with Crippen LogP contribution in [0.15, 0.2) is 59.7 Å². The van der Waals surface area contributed by atoms with Crippen LogP contribution in [-0.4, -0.2) is 55.1 Å². The standard InChI is InChI=1S/C23H27N5O2/c1-2-27-11-13-28(14-12-27)20-5-3-19(4-6-20)26-23(30)21-15-18(16-25-22(21)29)17-7-9-24-10-8-17/h3-9,15-16,24H,2,10-14H2,1H3,(H,25,29)(H,26,30). The number of dihydropyridines is 1. The molecule has 1 saturated heterocycles. The second-order valence-corrected chi connectivity index (χ2v) is 7.45. The Labute approximate surface area is 176 Å². The molecule has 3 N–H and O–H groups in total. The van der Waals surface area contributed by atoms with Gasteiger partial charge in [0.15, 0.2) is 0 Å². The van der Waals surface area contributed by atoms with Gasteiger partial charge in [-0.1, -0.05) is 13.0 Å². The minimum Gasteiger partial charge on any atom is -0.387 e. The fraction of sp³-hybridized carbons (Fsp3) is 0.304. The fourth-order valence-corrected chi connectivity index (χ4v) is 3.76. The smallest absolute Gasteiger partial charge is 0.261 e. The van der Waals surface area contributed by atoms with Gasteiger partial charge in [-0.15, -0.1) is 0 Å². The molecule has 2 aromatic rings. The predicted molar refractivity (Wildman–Crippen MR) is 121 cm³/mol. The summed E-state index contributed by atoms with van der Waals surface area (Å²) in [6, 6.07) is 9.44. The van der Waals surface area contributed by atoms with E-state index in [4.69, 9.17) is 0 Å². The second kappa shape index (κ2) is 9.00. The molecule has 4 rings (SSSR count). The van der Waals surface area contributed by atoms with E-state index in [0.717, 1.165) is 49.5 Å². The van der Waals surface area contributed by atoms with Crippen LogP contribution >= 0.6 is 0 Å². The number of anilines is 2. The summed E-state index contributed by atoms with van der Waals surface area (Å²) >= 11 is 0. The molecule has 3 heterocycles. The molecule has 1 amide bonds. The maximum atomic E-state index is 12.7. The molecule has 0 aliphatic carbocycles. The number of benzene rings is 1. The number of hydrogen-bond donors (Lipinski definition) is 3. The number of nitrogens with zero attached hydrogens (tertiary/aromatic N) is 2. The fourth-order valence-electron chi connectivity index (χ4n) is 3.76. The van der Waals surface area contributed by atoms with Gasteiger partial charge in [-0.25, -0.2) is 0 Å². The van der Waals surface area contributed by atoms with Gasteiger partial charge in [0.25, 0.3) is 11.5 Å². The van der Waals surface area contributed by atoms with Gasteiger partial charge in [-0.3, -0.25) is 9.59 Å². The third kappa shape index (κ3) is 4.46. The molecule has 0 atom stereocenters.